The van der Waals surface area contributed by atoms with Gasteiger partial charge in [-0.25, -0.2) is 19.6 Å². The normalized spacial score (nSPS) is 16.4. The van der Waals surface area contributed by atoms with Gasteiger partial charge in [-0.05, 0) is 12.1 Å². The molecule has 1 N–H and O–H groups in total. The highest BCUT2D eigenvalue weighted by molar-refractivity contribution is 8.15. The van der Waals surface area contributed by atoms with E-state index in [2.05, 4.69) is 25.4 Å². The molecule has 1 saturated heterocycles. The van der Waals surface area contributed by atoms with Gasteiger partial charge < -0.3 is 5.32 Å². The summed E-state index contributed by atoms with van der Waals surface area (Å²) in [5.41, 5.74) is 1.59. The summed E-state index contributed by atoms with van der Waals surface area (Å²) in [6, 6.07) is 9.73. The van der Waals surface area contributed by atoms with Crippen molar-refractivity contribution in [3.63, 3.8) is 0 Å². The minimum Gasteiger partial charge on any atom is -0.304 e. The van der Waals surface area contributed by atoms with Gasteiger partial charge in [0, 0.05) is 0 Å². The zero-order valence-electron chi connectivity index (χ0n) is 11.3. The summed E-state index contributed by atoms with van der Waals surface area (Å²) in [5, 5.41) is 8.35. The van der Waals surface area contributed by atoms with E-state index in [0.29, 0.717) is 22.4 Å². The average molecular weight is 310 g/mol. The van der Waals surface area contributed by atoms with E-state index in [-0.39, 0.29) is 5.91 Å². The molecular formula is C14H10N6OS. The first-order valence-electron chi connectivity index (χ1n) is 6.57. The number of amidine groups is 1. The summed E-state index contributed by atoms with van der Waals surface area (Å²) < 4.78 is 1.74. The molecule has 0 aliphatic carbocycles. The number of aromatic nitrogens is 4. The van der Waals surface area contributed by atoms with Crippen LogP contribution in [-0.2, 0) is 4.79 Å². The van der Waals surface area contributed by atoms with Gasteiger partial charge in [0.05, 0.1) is 23.0 Å². The van der Waals surface area contributed by atoms with Crippen LogP contribution in [0.25, 0.3) is 16.7 Å². The number of para-hydroxylation sites is 1. The molecule has 108 valence electrons. The Morgan fingerprint density at radius 1 is 1.23 bits per heavy atom. The molecule has 22 heavy (non-hydrogen) atoms. The second-order valence-electron chi connectivity index (χ2n) is 4.58. The Balaban J connectivity index is 1.82. The number of nitrogens with zero attached hydrogens (tertiary/aromatic N) is 5. The van der Waals surface area contributed by atoms with Crippen LogP contribution >= 0.6 is 11.8 Å². The van der Waals surface area contributed by atoms with E-state index in [1.807, 2.05) is 30.3 Å². The number of aliphatic imine (C=N–C) groups is 1. The lowest BCUT2D eigenvalue weighted by molar-refractivity contribution is -0.116. The molecule has 8 heteroatoms. The fraction of sp³-hybridized carbons (Fsp3) is 0.0714. The number of benzene rings is 1. The maximum absolute atomic E-state index is 11.2. The summed E-state index contributed by atoms with van der Waals surface area (Å²) in [6.45, 7) is 0. The van der Waals surface area contributed by atoms with Crippen LogP contribution in [0.3, 0.4) is 0 Å². The molecule has 0 spiro atoms. The summed E-state index contributed by atoms with van der Waals surface area (Å²) in [5.74, 6) is 0.835. The molecule has 2 aromatic heterocycles. The van der Waals surface area contributed by atoms with Crippen LogP contribution in [-0.4, -0.2) is 36.6 Å². The molecule has 1 aliphatic rings. The van der Waals surface area contributed by atoms with Crippen molar-refractivity contribution in [3.8, 4) is 5.69 Å². The van der Waals surface area contributed by atoms with Crippen LogP contribution in [0.4, 0.5) is 5.82 Å². The van der Waals surface area contributed by atoms with Crippen molar-refractivity contribution >= 4 is 39.7 Å². The Morgan fingerprint density at radius 2 is 2.09 bits per heavy atom. The zero-order chi connectivity index (χ0) is 14.9. The highest BCUT2D eigenvalue weighted by Gasteiger charge is 2.18. The highest BCUT2D eigenvalue weighted by atomic mass is 32.2. The fourth-order valence-electron chi connectivity index (χ4n) is 2.16. The minimum absolute atomic E-state index is 0.0472. The smallest absolute Gasteiger partial charge is 0.236 e. The predicted molar refractivity (Wildman–Crippen MR) is 84.4 cm³/mol. The summed E-state index contributed by atoms with van der Waals surface area (Å²) in [7, 11) is 0. The zero-order valence-corrected chi connectivity index (χ0v) is 12.1. The quantitative estimate of drug-likeness (QED) is 0.778. The van der Waals surface area contributed by atoms with Crippen LogP contribution in [0.2, 0.25) is 0 Å². The summed E-state index contributed by atoms with van der Waals surface area (Å²) >= 11 is 1.36. The first-order valence-corrected chi connectivity index (χ1v) is 7.55. The molecule has 0 atom stereocenters. The Hall–Kier alpha value is -2.74. The van der Waals surface area contributed by atoms with E-state index in [1.54, 1.807) is 10.9 Å². The number of carbonyl (C=O) groups is 1. The van der Waals surface area contributed by atoms with Gasteiger partial charge in [0.2, 0.25) is 5.91 Å². The highest BCUT2D eigenvalue weighted by Crippen LogP contribution is 2.25. The Bertz CT molecular complexity index is 889. The molecule has 0 unspecified atom stereocenters. The van der Waals surface area contributed by atoms with Crippen LogP contribution < -0.4 is 5.32 Å². The molecule has 1 aliphatic heterocycles. The largest absolute Gasteiger partial charge is 0.304 e. The van der Waals surface area contributed by atoms with Crippen LogP contribution in [0.1, 0.15) is 0 Å². The lowest BCUT2D eigenvalue weighted by atomic mass is 10.3. The van der Waals surface area contributed by atoms with Crippen molar-refractivity contribution < 1.29 is 4.79 Å². The van der Waals surface area contributed by atoms with Crippen LogP contribution in [0, 0.1) is 0 Å². The van der Waals surface area contributed by atoms with Crippen LogP contribution in [0.5, 0.6) is 0 Å². The van der Waals surface area contributed by atoms with E-state index >= 15 is 0 Å². The standard InChI is InChI=1S/C14H10N6OS/c21-11-7-22-14(18-11)19-12-10-6-17-20(13(10)16-8-15-12)9-4-2-1-3-5-9/h1-6,8H,7H2,(H,15,16,18,19,21). The van der Waals surface area contributed by atoms with Gasteiger partial charge in [-0.1, -0.05) is 30.0 Å². The molecule has 4 rings (SSSR count). The van der Waals surface area contributed by atoms with Crippen molar-refractivity contribution in [2.75, 3.05) is 5.75 Å². The molecule has 0 bridgehead atoms. The third kappa shape index (κ3) is 2.23. The number of hydrogen-bond acceptors (Lipinski definition) is 6. The van der Waals surface area contributed by atoms with Gasteiger partial charge in [0.25, 0.3) is 0 Å². The number of fused-ring (bicyclic) bond motifs is 1. The van der Waals surface area contributed by atoms with Gasteiger partial charge in [0.15, 0.2) is 16.6 Å². The number of thioether (sulfide) groups is 1. The fourth-order valence-corrected chi connectivity index (χ4v) is 2.84. The van der Waals surface area contributed by atoms with E-state index in [1.165, 1.54) is 18.1 Å². The van der Waals surface area contributed by atoms with Crippen molar-refractivity contribution in [2.24, 2.45) is 4.99 Å². The van der Waals surface area contributed by atoms with Gasteiger partial charge in [-0.3, -0.25) is 4.79 Å². The maximum Gasteiger partial charge on any atom is 0.236 e. The molecule has 1 fully saturated rings. The van der Waals surface area contributed by atoms with Crippen molar-refractivity contribution in [2.45, 2.75) is 0 Å². The molecule has 7 nitrogen and oxygen atoms in total. The predicted octanol–water partition coefficient (Wildman–Crippen LogP) is 1.67. The molecule has 1 amide bonds. The van der Waals surface area contributed by atoms with E-state index in [4.69, 9.17) is 0 Å². The van der Waals surface area contributed by atoms with E-state index < -0.39 is 0 Å². The third-order valence-electron chi connectivity index (χ3n) is 3.14. The molecular weight excluding hydrogens is 300 g/mol. The molecule has 1 aromatic carbocycles. The molecule has 0 saturated carbocycles. The molecule has 0 radical (unpaired) electrons. The van der Waals surface area contributed by atoms with Crippen molar-refractivity contribution in [3.05, 3.63) is 42.9 Å². The Kier molecular flexibility index (Phi) is 3.08. The van der Waals surface area contributed by atoms with Crippen LogP contribution in [0.15, 0.2) is 47.8 Å². The number of carbonyl (C=O) groups excluding carboxylic acids is 1. The van der Waals surface area contributed by atoms with Crippen molar-refractivity contribution in [1.29, 1.82) is 0 Å². The first kappa shape index (κ1) is 13.0. The number of hydrogen-bond donors (Lipinski definition) is 1. The first-order chi connectivity index (χ1) is 10.8. The van der Waals surface area contributed by atoms with Gasteiger partial charge >= 0.3 is 0 Å². The SMILES string of the molecule is O=C1CS/C(=N/c2ncnc3c2cnn3-c2ccccc2)N1. The topological polar surface area (TPSA) is 85.1 Å². The maximum atomic E-state index is 11.2. The lowest BCUT2D eigenvalue weighted by Crippen LogP contribution is -2.19. The summed E-state index contributed by atoms with van der Waals surface area (Å²) in [4.78, 5) is 24.1. The Morgan fingerprint density at radius 3 is 2.86 bits per heavy atom. The minimum atomic E-state index is -0.0472. The summed E-state index contributed by atoms with van der Waals surface area (Å²) in [6.07, 6.45) is 3.13. The second-order valence-corrected chi connectivity index (χ2v) is 5.54. The number of nitrogens with one attached hydrogen (secondary N) is 1. The number of rotatable bonds is 2. The van der Waals surface area contributed by atoms with Gasteiger partial charge in [-0.2, -0.15) is 5.10 Å². The van der Waals surface area contributed by atoms with Crippen molar-refractivity contribution in [1.82, 2.24) is 25.1 Å². The second kappa shape index (κ2) is 5.23. The van der Waals surface area contributed by atoms with Gasteiger partial charge in [-0.15, -0.1) is 0 Å². The van der Waals surface area contributed by atoms with E-state index in [9.17, 15) is 4.79 Å². The third-order valence-corrected chi connectivity index (χ3v) is 4.01. The monoisotopic (exact) mass is 310 g/mol. The van der Waals surface area contributed by atoms with Gasteiger partial charge in [0.1, 0.15) is 6.33 Å². The average Bonchev–Trinajstić information content (AvgIpc) is 3.15. The van der Waals surface area contributed by atoms with E-state index in [0.717, 1.165) is 11.1 Å². The number of amides is 1. The lowest BCUT2D eigenvalue weighted by Gasteiger charge is -2.02. The molecule has 3 aromatic rings. The molecule has 3 heterocycles. The Labute approximate surface area is 129 Å².